The summed E-state index contributed by atoms with van der Waals surface area (Å²) in [6, 6.07) is 13.2. The van der Waals surface area contributed by atoms with Gasteiger partial charge < -0.3 is 20.0 Å². The van der Waals surface area contributed by atoms with Gasteiger partial charge in [-0.1, -0.05) is 30.3 Å². The van der Waals surface area contributed by atoms with Crippen LogP contribution >= 0.6 is 11.3 Å². The van der Waals surface area contributed by atoms with Crippen molar-refractivity contribution in [1.29, 1.82) is 0 Å². The molecule has 1 unspecified atom stereocenters. The lowest BCUT2D eigenvalue weighted by Crippen LogP contribution is -2.44. The zero-order valence-corrected chi connectivity index (χ0v) is 19.2. The summed E-state index contributed by atoms with van der Waals surface area (Å²) in [5, 5.41) is 7.87. The van der Waals surface area contributed by atoms with E-state index >= 15 is 0 Å². The number of anilines is 1. The number of aromatic nitrogens is 1. The Kier molecular flexibility index (Phi) is 7.19. The molecule has 3 heterocycles. The molecule has 0 aliphatic carbocycles. The Morgan fingerprint density at radius 3 is 2.79 bits per heavy atom. The first-order valence-corrected chi connectivity index (χ1v) is 11.8. The molecule has 0 saturated carbocycles. The van der Waals surface area contributed by atoms with Gasteiger partial charge in [0.25, 0.3) is 0 Å². The second-order valence-electron chi connectivity index (χ2n) is 8.04. The third-order valence-corrected chi connectivity index (χ3v) is 6.26. The Morgan fingerprint density at radius 1 is 1.18 bits per heavy atom. The van der Waals surface area contributed by atoms with Crippen LogP contribution in [0.25, 0.3) is 11.5 Å². The highest BCUT2D eigenvalue weighted by atomic mass is 32.1. The number of carbonyl (C=O) groups excluding carboxylic acids is 3. The van der Waals surface area contributed by atoms with Crippen LogP contribution in [0, 0.1) is 5.92 Å². The number of benzene rings is 1. The van der Waals surface area contributed by atoms with E-state index in [0.29, 0.717) is 48.4 Å². The highest BCUT2D eigenvalue weighted by Gasteiger charge is 2.29. The predicted octanol–water partition coefficient (Wildman–Crippen LogP) is 3.46. The van der Waals surface area contributed by atoms with Crippen molar-refractivity contribution in [3.63, 3.8) is 0 Å². The lowest BCUT2D eigenvalue weighted by atomic mass is 9.96. The van der Waals surface area contributed by atoms with Crippen LogP contribution in [0.15, 0.2) is 52.3 Å². The molecule has 1 fully saturated rings. The van der Waals surface area contributed by atoms with Crippen LogP contribution in [0.2, 0.25) is 0 Å². The Hall–Kier alpha value is -3.46. The second-order valence-corrected chi connectivity index (χ2v) is 8.90. The van der Waals surface area contributed by atoms with E-state index < -0.39 is 0 Å². The van der Waals surface area contributed by atoms with Crippen LogP contribution in [-0.2, 0) is 27.3 Å². The van der Waals surface area contributed by atoms with Crippen molar-refractivity contribution < 1.29 is 18.8 Å². The van der Waals surface area contributed by atoms with E-state index in [1.165, 1.54) is 18.3 Å². The number of piperidine rings is 1. The topological polar surface area (TPSA) is 105 Å². The second kappa shape index (κ2) is 10.4. The number of hydrogen-bond acceptors (Lipinski definition) is 6. The van der Waals surface area contributed by atoms with Crippen molar-refractivity contribution in [3.05, 3.63) is 59.2 Å². The number of thiazole rings is 1. The molecule has 2 N–H and O–H groups in total. The largest absolute Gasteiger partial charge is 0.458 e. The Balaban J connectivity index is 1.32. The average molecular weight is 467 g/mol. The van der Waals surface area contributed by atoms with Crippen LogP contribution in [-0.4, -0.2) is 40.7 Å². The molecule has 3 amide bonds. The first kappa shape index (κ1) is 22.7. The number of furan rings is 1. The van der Waals surface area contributed by atoms with Gasteiger partial charge in [0.1, 0.15) is 11.5 Å². The zero-order chi connectivity index (χ0) is 23.2. The van der Waals surface area contributed by atoms with Crippen molar-refractivity contribution >= 4 is 34.2 Å². The molecule has 9 heteroatoms. The molecule has 4 rings (SSSR count). The number of amides is 3. The minimum atomic E-state index is -0.265. The summed E-state index contributed by atoms with van der Waals surface area (Å²) in [7, 11) is 0. The summed E-state index contributed by atoms with van der Waals surface area (Å²) in [6.45, 7) is 2.85. The van der Waals surface area contributed by atoms with Gasteiger partial charge in [-0.2, -0.15) is 0 Å². The van der Waals surface area contributed by atoms with Crippen LogP contribution in [0.1, 0.15) is 31.1 Å². The minimum Gasteiger partial charge on any atom is -0.458 e. The molecule has 3 aromatic rings. The lowest BCUT2D eigenvalue weighted by Gasteiger charge is -2.32. The van der Waals surface area contributed by atoms with E-state index in [2.05, 4.69) is 15.6 Å². The molecule has 33 heavy (non-hydrogen) atoms. The van der Waals surface area contributed by atoms with E-state index in [4.69, 9.17) is 4.42 Å². The molecular weight excluding hydrogens is 440 g/mol. The fraction of sp³-hybridized carbons (Fsp3) is 0.333. The van der Waals surface area contributed by atoms with Gasteiger partial charge in [0.05, 0.1) is 18.9 Å². The number of nitrogens with zero attached hydrogens (tertiary/aromatic N) is 2. The fourth-order valence-electron chi connectivity index (χ4n) is 3.77. The monoisotopic (exact) mass is 466 g/mol. The number of carbonyl (C=O) groups is 3. The van der Waals surface area contributed by atoms with Crippen molar-refractivity contribution in [2.75, 3.05) is 18.4 Å². The Bertz CT molecular complexity index is 1120. The first-order valence-electron chi connectivity index (χ1n) is 10.9. The minimum absolute atomic E-state index is 0.0446. The van der Waals surface area contributed by atoms with Gasteiger partial charge in [-0.3, -0.25) is 14.4 Å². The molecule has 0 spiro atoms. The van der Waals surface area contributed by atoms with Crippen molar-refractivity contribution in [3.8, 4) is 11.5 Å². The van der Waals surface area contributed by atoms with E-state index in [1.54, 1.807) is 17.0 Å². The van der Waals surface area contributed by atoms with E-state index in [9.17, 15) is 14.4 Å². The van der Waals surface area contributed by atoms with Gasteiger partial charge in [-0.05, 0) is 30.5 Å². The fourth-order valence-corrected chi connectivity index (χ4v) is 4.48. The standard InChI is InChI=1S/C24H26N4O4S/c1-16(29)25-13-19-9-10-21(32-19)20-15-33-24(26-20)27-23(31)18-8-5-11-28(14-18)22(30)12-17-6-3-2-4-7-17/h2-4,6-7,9-10,15,18H,5,8,11-14H2,1H3,(H,25,29)(H,26,27,31). The van der Waals surface area contributed by atoms with E-state index in [-0.39, 0.29) is 23.6 Å². The highest BCUT2D eigenvalue weighted by Crippen LogP contribution is 2.27. The maximum atomic E-state index is 12.8. The SMILES string of the molecule is CC(=O)NCc1ccc(-c2csc(NC(=O)C3CCCN(C(=O)Cc4ccccc4)C3)n2)o1. The molecule has 1 saturated heterocycles. The van der Waals surface area contributed by atoms with Crippen molar-refractivity contribution in [2.45, 2.75) is 32.7 Å². The van der Waals surface area contributed by atoms with Gasteiger partial charge in [0.15, 0.2) is 10.9 Å². The maximum absolute atomic E-state index is 12.8. The van der Waals surface area contributed by atoms with Crippen LogP contribution < -0.4 is 10.6 Å². The van der Waals surface area contributed by atoms with Crippen LogP contribution in [0.3, 0.4) is 0 Å². The smallest absolute Gasteiger partial charge is 0.231 e. The molecule has 0 radical (unpaired) electrons. The summed E-state index contributed by atoms with van der Waals surface area (Å²) in [5.41, 5.74) is 1.59. The molecular formula is C24H26N4O4S. The quantitative estimate of drug-likeness (QED) is 0.555. The van der Waals surface area contributed by atoms with Crippen LogP contribution in [0.5, 0.6) is 0 Å². The molecule has 172 valence electrons. The number of rotatable bonds is 7. The summed E-state index contributed by atoms with van der Waals surface area (Å²) in [6.07, 6.45) is 1.88. The van der Waals surface area contributed by atoms with Crippen molar-refractivity contribution in [2.24, 2.45) is 5.92 Å². The van der Waals surface area contributed by atoms with Gasteiger partial charge in [0.2, 0.25) is 17.7 Å². The zero-order valence-electron chi connectivity index (χ0n) is 18.4. The van der Waals surface area contributed by atoms with Gasteiger partial charge >= 0.3 is 0 Å². The lowest BCUT2D eigenvalue weighted by molar-refractivity contribution is -0.134. The van der Waals surface area contributed by atoms with Crippen LogP contribution in [0.4, 0.5) is 5.13 Å². The Morgan fingerprint density at radius 2 is 2.00 bits per heavy atom. The molecule has 8 nitrogen and oxygen atoms in total. The molecule has 1 aliphatic heterocycles. The molecule has 1 atom stereocenters. The average Bonchev–Trinajstić information content (AvgIpc) is 3.48. The number of hydrogen-bond donors (Lipinski definition) is 2. The van der Waals surface area contributed by atoms with E-state index in [0.717, 1.165) is 18.4 Å². The highest BCUT2D eigenvalue weighted by molar-refractivity contribution is 7.14. The third-order valence-electron chi connectivity index (χ3n) is 5.50. The molecule has 2 aromatic heterocycles. The summed E-state index contributed by atoms with van der Waals surface area (Å²) in [5.74, 6) is 0.721. The summed E-state index contributed by atoms with van der Waals surface area (Å²) >= 11 is 1.32. The predicted molar refractivity (Wildman–Crippen MR) is 125 cm³/mol. The normalized spacial score (nSPS) is 15.8. The molecule has 1 aliphatic rings. The molecule has 1 aromatic carbocycles. The van der Waals surface area contributed by atoms with E-state index in [1.807, 2.05) is 35.7 Å². The summed E-state index contributed by atoms with van der Waals surface area (Å²) < 4.78 is 5.72. The first-order chi connectivity index (χ1) is 16.0. The molecule has 0 bridgehead atoms. The van der Waals surface area contributed by atoms with Gasteiger partial charge in [0, 0.05) is 25.4 Å². The maximum Gasteiger partial charge on any atom is 0.231 e. The van der Waals surface area contributed by atoms with Crippen molar-refractivity contribution in [1.82, 2.24) is 15.2 Å². The third kappa shape index (κ3) is 6.07. The number of nitrogens with one attached hydrogen (secondary N) is 2. The number of likely N-dealkylation sites (tertiary alicyclic amines) is 1. The Labute approximate surface area is 196 Å². The van der Waals surface area contributed by atoms with Gasteiger partial charge in [-0.15, -0.1) is 11.3 Å². The summed E-state index contributed by atoms with van der Waals surface area (Å²) in [4.78, 5) is 42.8. The van der Waals surface area contributed by atoms with Gasteiger partial charge in [-0.25, -0.2) is 4.98 Å².